The maximum absolute atomic E-state index is 15.1. The average molecular weight is 474 g/mol. The number of pyridine rings is 1. The molecule has 1 aromatic heterocycles. The molecule has 4 rings (SSSR count). The van der Waals surface area contributed by atoms with E-state index in [1.165, 1.54) is 6.07 Å². The van der Waals surface area contributed by atoms with E-state index in [0.29, 0.717) is 0 Å². The van der Waals surface area contributed by atoms with Gasteiger partial charge in [-0.3, -0.25) is 5.32 Å². The third kappa shape index (κ3) is 4.97. The van der Waals surface area contributed by atoms with Crippen LogP contribution in [0.4, 0.5) is 27.8 Å². The first-order valence-electron chi connectivity index (χ1n) is 10.9. The molecule has 1 aliphatic heterocycles. The molecule has 8 nitrogen and oxygen atoms in total. The highest BCUT2D eigenvalue weighted by molar-refractivity contribution is 6.00. The van der Waals surface area contributed by atoms with Gasteiger partial charge in [0.25, 0.3) is 0 Å². The van der Waals surface area contributed by atoms with Crippen LogP contribution < -0.4 is 27.6 Å². The number of nitrogens with zero attached hydrogens (tertiary/aromatic N) is 3. The third-order valence-corrected chi connectivity index (χ3v) is 6.51. The zero-order valence-electron chi connectivity index (χ0n) is 17.9. The number of anilines is 1. The molecule has 182 valence electrons. The lowest BCUT2D eigenvalue weighted by Gasteiger charge is -2.44. The van der Waals surface area contributed by atoms with Crippen molar-refractivity contribution < 1.29 is 22.0 Å². The summed E-state index contributed by atoms with van der Waals surface area (Å²) in [7, 11) is 0. The predicted molar refractivity (Wildman–Crippen MR) is 113 cm³/mol. The Morgan fingerprint density at radius 3 is 2.21 bits per heavy atom. The fourth-order valence-electron chi connectivity index (χ4n) is 4.73. The molecule has 13 heteroatoms. The maximum atomic E-state index is 15.1. The molecule has 2 aliphatic carbocycles. The standard InChI is InChI=1S/C20H27F5N8/c21-13-1-2-14(33-27)29-15(13)20(11-3-7-18(22,23)8-4-11)31-16(26)30-17(32-20)28-12-5-9-19(24,25)10-6-12/h1-2,11-12H,3-10,27H2,(H,29,33)(H4,26,28,30,31,32). The van der Waals surface area contributed by atoms with Crippen LogP contribution in [0.2, 0.25) is 0 Å². The molecule has 0 saturated heterocycles. The van der Waals surface area contributed by atoms with E-state index in [2.05, 4.69) is 31.0 Å². The van der Waals surface area contributed by atoms with Crippen molar-refractivity contribution in [1.82, 2.24) is 15.6 Å². The van der Waals surface area contributed by atoms with E-state index in [9.17, 15) is 17.6 Å². The van der Waals surface area contributed by atoms with E-state index in [1.54, 1.807) is 0 Å². The van der Waals surface area contributed by atoms with Crippen molar-refractivity contribution in [3.63, 3.8) is 0 Å². The number of rotatable bonds is 4. The Morgan fingerprint density at radius 2 is 1.61 bits per heavy atom. The lowest BCUT2D eigenvalue weighted by molar-refractivity contribution is -0.0571. The minimum atomic E-state index is -2.82. The van der Waals surface area contributed by atoms with Crippen molar-refractivity contribution in [2.75, 3.05) is 5.43 Å². The van der Waals surface area contributed by atoms with Gasteiger partial charge in [-0.05, 0) is 37.8 Å². The highest BCUT2D eigenvalue weighted by Gasteiger charge is 2.51. The molecule has 2 heterocycles. The van der Waals surface area contributed by atoms with Crippen LogP contribution in [0.3, 0.4) is 0 Å². The van der Waals surface area contributed by atoms with Gasteiger partial charge in [0, 0.05) is 31.6 Å². The number of nitrogen functional groups attached to an aromatic ring is 1. The molecule has 33 heavy (non-hydrogen) atoms. The summed E-state index contributed by atoms with van der Waals surface area (Å²) in [5.74, 6) is -1.27. The number of halogens is 5. The first-order chi connectivity index (χ1) is 15.5. The van der Waals surface area contributed by atoms with Crippen LogP contribution in [0.15, 0.2) is 22.1 Å². The molecule has 3 aliphatic rings. The van der Waals surface area contributed by atoms with Crippen molar-refractivity contribution in [2.24, 2.45) is 27.5 Å². The topological polar surface area (TPSA) is 126 Å². The molecule has 0 aromatic carbocycles. The van der Waals surface area contributed by atoms with Crippen LogP contribution >= 0.6 is 0 Å². The van der Waals surface area contributed by atoms with Gasteiger partial charge in [0.05, 0.1) is 6.04 Å². The van der Waals surface area contributed by atoms with Gasteiger partial charge < -0.3 is 16.5 Å². The second-order valence-corrected chi connectivity index (χ2v) is 8.88. The Bertz CT molecular complexity index is 932. The fraction of sp³-hybridized carbons (Fsp3) is 0.650. The highest BCUT2D eigenvalue weighted by atomic mass is 19.3. The second kappa shape index (κ2) is 8.58. The molecule has 2 saturated carbocycles. The normalized spacial score (nSPS) is 29.2. The molecule has 0 amide bonds. The number of hydrogen-bond donors (Lipinski definition) is 5. The number of nitrogens with one attached hydrogen (secondary N) is 3. The van der Waals surface area contributed by atoms with Crippen molar-refractivity contribution in [2.45, 2.75) is 74.9 Å². The van der Waals surface area contributed by atoms with E-state index >= 15 is 4.39 Å². The quantitative estimate of drug-likeness (QED) is 0.260. The number of nitrogens with two attached hydrogens (primary N) is 2. The second-order valence-electron chi connectivity index (χ2n) is 8.88. The Labute approximate surface area is 187 Å². The molecule has 0 spiro atoms. The molecular weight excluding hydrogens is 447 g/mol. The smallest absolute Gasteiger partial charge is 0.248 e. The first kappa shape index (κ1) is 23.5. The minimum absolute atomic E-state index is 0.0289. The summed E-state index contributed by atoms with van der Waals surface area (Å²) in [6.07, 6.45) is -0.989. The van der Waals surface area contributed by atoms with E-state index < -0.39 is 48.1 Å². The van der Waals surface area contributed by atoms with E-state index in [-0.39, 0.29) is 62.0 Å². The molecular formula is C20H27F5N8. The van der Waals surface area contributed by atoms with Crippen LogP contribution in [0, 0.1) is 11.7 Å². The van der Waals surface area contributed by atoms with Gasteiger partial charge in [0.1, 0.15) is 17.3 Å². The summed E-state index contributed by atoms with van der Waals surface area (Å²) in [5.41, 5.74) is 6.58. The van der Waals surface area contributed by atoms with Gasteiger partial charge >= 0.3 is 0 Å². The Kier molecular flexibility index (Phi) is 6.10. The average Bonchev–Trinajstić information content (AvgIpc) is 2.75. The molecule has 2 fully saturated rings. The van der Waals surface area contributed by atoms with Crippen molar-refractivity contribution >= 4 is 17.7 Å². The van der Waals surface area contributed by atoms with Crippen LogP contribution in [0.5, 0.6) is 0 Å². The SMILES string of the molecule is NNc1ccc(F)c(C2(C3CCC(F)(F)CC3)N=C(N)NC(=NC3CCC(F)(F)CC3)N2)n1. The Morgan fingerprint density at radius 1 is 1.00 bits per heavy atom. The van der Waals surface area contributed by atoms with Gasteiger partial charge in [0.2, 0.25) is 17.8 Å². The minimum Gasteiger partial charge on any atom is -0.370 e. The van der Waals surface area contributed by atoms with Gasteiger partial charge in [0.15, 0.2) is 11.6 Å². The van der Waals surface area contributed by atoms with Crippen LogP contribution in [0.25, 0.3) is 0 Å². The lowest BCUT2D eigenvalue weighted by Crippen LogP contribution is -2.62. The van der Waals surface area contributed by atoms with Crippen LogP contribution in [0.1, 0.15) is 57.1 Å². The van der Waals surface area contributed by atoms with Crippen molar-refractivity contribution in [3.05, 3.63) is 23.6 Å². The molecule has 1 aromatic rings. The number of aromatic nitrogens is 1. The van der Waals surface area contributed by atoms with E-state index in [4.69, 9.17) is 11.6 Å². The molecule has 0 radical (unpaired) electrons. The maximum Gasteiger partial charge on any atom is 0.248 e. The summed E-state index contributed by atoms with van der Waals surface area (Å²) in [6.45, 7) is 0. The summed E-state index contributed by atoms with van der Waals surface area (Å²) < 4.78 is 69.9. The molecule has 1 unspecified atom stereocenters. The molecule has 7 N–H and O–H groups in total. The predicted octanol–water partition coefficient (Wildman–Crippen LogP) is 2.93. The number of guanidine groups is 2. The van der Waals surface area contributed by atoms with Crippen LogP contribution in [-0.2, 0) is 5.66 Å². The summed E-state index contributed by atoms with van der Waals surface area (Å²) in [5, 5.41) is 5.79. The van der Waals surface area contributed by atoms with E-state index in [0.717, 1.165) is 6.07 Å². The number of hydrazine groups is 1. The van der Waals surface area contributed by atoms with Gasteiger partial charge in [-0.2, -0.15) is 0 Å². The Balaban J connectivity index is 1.73. The zero-order chi connectivity index (χ0) is 23.9. The van der Waals surface area contributed by atoms with Crippen molar-refractivity contribution in [3.8, 4) is 0 Å². The molecule has 0 bridgehead atoms. The van der Waals surface area contributed by atoms with E-state index in [1.807, 2.05) is 0 Å². The number of aliphatic imine (C=N–C) groups is 2. The first-order valence-corrected chi connectivity index (χ1v) is 10.9. The highest BCUT2D eigenvalue weighted by Crippen LogP contribution is 2.46. The van der Waals surface area contributed by atoms with Gasteiger partial charge in [-0.25, -0.2) is 42.8 Å². The third-order valence-electron chi connectivity index (χ3n) is 6.51. The van der Waals surface area contributed by atoms with Crippen LogP contribution in [-0.4, -0.2) is 34.8 Å². The Hall–Kier alpha value is -2.70. The summed E-state index contributed by atoms with van der Waals surface area (Å²) in [4.78, 5) is 13.1. The number of hydrogen-bond acceptors (Lipinski definition) is 6. The summed E-state index contributed by atoms with van der Waals surface area (Å²) in [6, 6.07) is 2.06. The lowest BCUT2D eigenvalue weighted by atomic mass is 9.76. The summed E-state index contributed by atoms with van der Waals surface area (Å²) >= 11 is 0. The molecule has 1 atom stereocenters. The zero-order valence-corrected chi connectivity index (χ0v) is 17.9. The van der Waals surface area contributed by atoms with Gasteiger partial charge in [-0.1, -0.05) is 0 Å². The fourth-order valence-corrected chi connectivity index (χ4v) is 4.73. The largest absolute Gasteiger partial charge is 0.370 e. The number of alkyl halides is 4. The van der Waals surface area contributed by atoms with Gasteiger partial charge in [-0.15, -0.1) is 0 Å². The monoisotopic (exact) mass is 474 g/mol. The van der Waals surface area contributed by atoms with Crippen molar-refractivity contribution in [1.29, 1.82) is 0 Å².